The lowest BCUT2D eigenvalue weighted by atomic mass is 9.96. The molecule has 0 aromatic heterocycles. The molecule has 1 saturated carbocycles. The molecule has 28 heavy (non-hydrogen) atoms. The maximum absolute atomic E-state index is 12.8. The third kappa shape index (κ3) is 3.26. The van der Waals surface area contributed by atoms with E-state index in [-0.39, 0.29) is 5.41 Å². The van der Waals surface area contributed by atoms with Crippen molar-refractivity contribution < 1.29 is 21.6 Å². The van der Waals surface area contributed by atoms with E-state index in [4.69, 9.17) is 11.6 Å². The van der Waals surface area contributed by atoms with E-state index in [0.717, 1.165) is 60.1 Å². The van der Waals surface area contributed by atoms with Gasteiger partial charge in [-0.25, -0.2) is 8.42 Å². The molecule has 7 heteroatoms. The van der Waals surface area contributed by atoms with Crippen molar-refractivity contribution in [2.75, 3.05) is 0 Å². The van der Waals surface area contributed by atoms with E-state index in [0.29, 0.717) is 5.02 Å². The maximum atomic E-state index is 12.8. The number of benzene rings is 2. The van der Waals surface area contributed by atoms with E-state index in [9.17, 15) is 21.6 Å². The van der Waals surface area contributed by atoms with E-state index in [1.807, 2.05) is 25.1 Å². The second-order valence-electron chi connectivity index (χ2n) is 7.75. The number of aryl methyl sites for hydroxylation is 1. The summed E-state index contributed by atoms with van der Waals surface area (Å²) in [5.74, 6) is 0. The Morgan fingerprint density at radius 1 is 0.929 bits per heavy atom. The van der Waals surface area contributed by atoms with Crippen molar-refractivity contribution in [2.45, 2.75) is 43.0 Å². The molecule has 0 N–H and O–H groups in total. The van der Waals surface area contributed by atoms with E-state index in [1.165, 1.54) is 17.7 Å². The van der Waals surface area contributed by atoms with Crippen LogP contribution < -0.4 is 0 Å². The van der Waals surface area contributed by atoms with Crippen LogP contribution in [-0.2, 0) is 9.84 Å². The van der Waals surface area contributed by atoms with Gasteiger partial charge in [-0.15, -0.1) is 0 Å². The lowest BCUT2D eigenvalue weighted by Crippen LogP contribution is -2.23. The average molecular weight is 427 g/mol. The molecule has 0 radical (unpaired) electrons. The molecule has 2 aliphatic rings. The summed E-state index contributed by atoms with van der Waals surface area (Å²) in [6, 6.07) is 10.9. The first-order chi connectivity index (χ1) is 13.0. The molecule has 0 amide bonds. The van der Waals surface area contributed by atoms with Crippen LogP contribution in [0.15, 0.2) is 47.4 Å². The van der Waals surface area contributed by atoms with Crippen molar-refractivity contribution in [3.8, 4) is 0 Å². The minimum absolute atomic E-state index is 0.245. The number of hydrogen-bond acceptors (Lipinski definition) is 2. The highest BCUT2D eigenvalue weighted by Gasteiger charge is 2.49. The summed E-state index contributed by atoms with van der Waals surface area (Å²) in [5.41, 5.74) is -0.00596. The second-order valence-corrected chi connectivity index (χ2v) is 10.1. The van der Waals surface area contributed by atoms with Gasteiger partial charge >= 0.3 is 5.51 Å². The van der Waals surface area contributed by atoms with Gasteiger partial charge in [0.05, 0.1) is 4.90 Å². The van der Waals surface area contributed by atoms with Gasteiger partial charge in [0.1, 0.15) is 0 Å². The average Bonchev–Trinajstić information content (AvgIpc) is 3.27. The van der Waals surface area contributed by atoms with E-state index >= 15 is 0 Å². The number of alkyl halides is 3. The summed E-state index contributed by atoms with van der Waals surface area (Å²) in [4.78, 5) is -0.729. The fourth-order valence-electron chi connectivity index (χ4n) is 3.91. The molecule has 0 bridgehead atoms. The molecule has 1 fully saturated rings. The molecular formula is C21H18ClF3O2S. The van der Waals surface area contributed by atoms with Crippen LogP contribution in [-0.4, -0.2) is 13.9 Å². The molecule has 2 nitrogen and oxygen atoms in total. The smallest absolute Gasteiger partial charge is 0.214 e. The Morgan fingerprint density at radius 2 is 1.46 bits per heavy atom. The molecule has 0 heterocycles. The second kappa shape index (κ2) is 6.36. The van der Waals surface area contributed by atoms with Crippen LogP contribution in [0.4, 0.5) is 13.2 Å². The predicted octanol–water partition coefficient (Wildman–Crippen LogP) is 6.43. The summed E-state index contributed by atoms with van der Waals surface area (Å²) in [6.45, 7) is 1.94. The van der Waals surface area contributed by atoms with Crippen LogP contribution in [0.1, 0.15) is 42.4 Å². The van der Waals surface area contributed by atoms with Gasteiger partial charge in [-0.2, -0.15) is 13.2 Å². The van der Waals surface area contributed by atoms with Crippen molar-refractivity contribution in [2.24, 2.45) is 5.41 Å². The van der Waals surface area contributed by atoms with E-state index < -0.39 is 20.2 Å². The number of sulfone groups is 1. The van der Waals surface area contributed by atoms with Crippen molar-refractivity contribution in [3.05, 3.63) is 64.2 Å². The molecule has 2 aliphatic carbocycles. The lowest BCUT2D eigenvalue weighted by Gasteiger charge is -2.12. The number of hydrogen-bond donors (Lipinski definition) is 0. The Hall–Kier alpha value is -1.79. The Morgan fingerprint density at radius 3 is 1.96 bits per heavy atom. The number of allylic oxidation sites excluding steroid dienone is 2. The van der Waals surface area contributed by atoms with Crippen LogP contribution in [0.2, 0.25) is 5.02 Å². The quantitative estimate of drug-likeness (QED) is 0.567. The van der Waals surface area contributed by atoms with Crippen molar-refractivity contribution >= 4 is 32.6 Å². The van der Waals surface area contributed by atoms with Gasteiger partial charge < -0.3 is 0 Å². The van der Waals surface area contributed by atoms with Gasteiger partial charge in [0.25, 0.3) is 9.84 Å². The summed E-state index contributed by atoms with van der Waals surface area (Å²) < 4.78 is 61.5. The zero-order valence-electron chi connectivity index (χ0n) is 15.1. The topological polar surface area (TPSA) is 34.1 Å². The molecule has 2 aromatic carbocycles. The molecule has 1 spiro atoms. The fourth-order valence-corrected chi connectivity index (χ4v) is 4.79. The highest BCUT2D eigenvalue weighted by Crippen LogP contribution is 2.63. The zero-order valence-corrected chi connectivity index (χ0v) is 16.7. The Labute approximate surface area is 166 Å². The normalized spacial score (nSPS) is 18.8. The SMILES string of the molecule is Cc1cc(C2=C(c3ccc(S(=O)(=O)C(F)(F)F)cc3)CC3(CC3)C2)ccc1Cl. The van der Waals surface area contributed by atoms with Crippen molar-refractivity contribution in [1.82, 2.24) is 0 Å². The molecule has 0 saturated heterocycles. The molecule has 0 unspecified atom stereocenters. The van der Waals surface area contributed by atoms with Crippen LogP contribution in [0.5, 0.6) is 0 Å². The molecule has 2 aromatic rings. The standard InChI is InChI=1S/C21H18ClF3O2S/c1-13-10-15(4-7-19(13)22)18-12-20(8-9-20)11-17(18)14-2-5-16(6-3-14)28(26,27)21(23,24)25/h2-7,10H,8-9,11-12H2,1H3. The van der Waals surface area contributed by atoms with E-state index in [1.54, 1.807) is 0 Å². The number of rotatable bonds is 3. The van der Waals surface area contributed by atoms with Gasteiger partial charge in [0.15, 0.2) is 0 Å². The largest absolute Gasteiger partial charge is 0.501 e. The van der Waals surface area contributed by atoms with Gasteiger partial charge in [0.2, 0.25) is 0 Å². The zero-order chi connectivity index (χ0) is 20.3. The fraction of sp³-hybridized carbons (Fsp3) is 0.333. The molecular weight excluding hydrogens is 409 g/mol. The summed E-state index contributed by atoms with van der Waals surface area (Å²) in [5, 5.41) is 0.687. The maximum Gasteiger partial charge on any atom is 0.501 e. The van der Waals surface area contributed by atoms with Crippen molar-refractivity contribution in [1.29, 1.82) is 0 Å². The Kier molecular flexibility index (Phi) is 4.43. The molecule has 0 aliphatic heterocycles. The summed E-state index contributed by atoms with van der Waals surface area (Å²) >= 11 is 6.14. The minimum atomic E-state index is -5.33. The third-order valence-electron chi connectivity index (χ3n) is 5.75. The Balaban J connectivity index is 1.76. The van der Waals surface area contributed by atoms with E-state index in [2.05, 4.69) is 0 Å². The highest BCUT2D eigenvalue weighted by molar-refractivity contribution is 7.92. The highest BCUT2D eigenvalue weighted by atomic mass is 35.5. The molecule has 4 rings (SSSR count). The summed E-state index contributed by atoms with van der Waals surface area (Å²) in [7, 11) is -5.33. The summed E-state index contributed by atoms with van der Waals surface area (Å²) in [6.07, 6.45) is 4.04. The van der Waals surface area contributed by atoms with Gasteiger partial charge in [-0.05, 0) is 84.1 Å². The first-order valence-corrected chi connectivity index (χ1v) is 10.8. The van der Waals surface area contributed by atoms with Crippen LogP contribution in [0.25, 0.3) is 11.1 Å². The van der Waals surface area contributed by atoms with Crippen LogP contribution >= 0.6 is 11.6 Å². The minimum Gasteiger partial charge on any atom is -0.214 e. The van der Waals surface area contributed by atoms with Crippen LogP contribution in [0.3, 0.4) is 0 Å². The van der Waals surface area contributed by atoms with Gasteiger partial charge in [-0.3, -0.25) is 0 Å². The first-order valence-electron chi connectivity index (χ1n) is 8.93. The molecule has 148 valence electrons. The van der Waals surface area contributed by atoms with Gasteiger partial charge in [0, 0.05) is 5.02 Å². The van der Waals surface area contributed by atoms with Gasteiger partial charge in [-0.1, -0.05) is 35.9 Å². The first kappa shape index (κ1) is 19.5. The van der Waals surface area contributed by atoms with Crippen LogP contribution in [0, 0.1) is 12.3 Å². The number of halogens is 4. The Bertz CT molecular complexity index is 1080. The lowest BCUT2D eigenvalue weighted by molar-refractivity contribution is -0.0436. The van der Waals surface area contributed by atoms with Crippen molar-refractivity contribution in [3.63, 3.8) is 0 Å². The monoisotopic (exact) mass is 426 g/mol. The predicted molar refractivity (Wildman–Crippen MR) is 104 cm³/mol. The third-order valence-corrected chi connectivity index (χ3v) is 7.68. The molecule has 0 atom stereocenters.